The van der Waals surface area contributed by atoms with Crippen LogP contribution in [0.1, 0.15) is 36.8 Å². The van der Waals surface area contributed by atoms with Gasteiger partial charge in [-0.25, -0.2) is 8.78 Å². The number of carbonyl (C=O) groups excluding carboxylic acids is 2. The van der Waals surface area contributed by atoms with Gasteiger partial charge in [0.25, 0.3) is 6.43 Å². The van der Waals surface area contributed by atoms with Gasteiger partial charge >= 0.3 is 0 Å². The van der Waals surface area contributed by atoms with E-state index < -0.39 is 30.8 Å². The van der Waals surface area contributed by atoms with Crippen molar-refractivity contribution >= 4 is 11.8 Å². The lowest BCUT2D eigenvalue weighted by Gasteiger charge is -2.38. The maximum absolute atomic E-state index is 13.5. The molecule has 2 atom stereocenters. The summed E-state index contributed by atoms with van der Waals surface area (Å²) in [6.07, 6.45) is 0.00909. The van der Waals surface area contributed by atoms with Crippen molar-refractivity contribution in [3.63, 3.8) is 0 Å². The van der Waals surface area contributed by atoms with Gasteiger partial charge in [0.1, 0.15) is 11.8 Å². The molecule has 3 rings (SSSR count). The van der Waals surface area contributed by atoms with Gasteiger partial charge in [0.05, 0.1) is 6.54 Å². The molecule has 3 N–H and O–H groups in total. The molecule has 0 aromatic heterocycles. The molecular weight excluding hydrogens is 428 g/mol. The van der Waals surface area contributed by atoms with Crippen LogP contribution in [0.2, 0.25) is 0 Å². The van der Waals surface area contributed by atoms with E-state index in [4.69, 9.17) is 0 Å². The van der Waals surface area contributed by atoms with Crippen LogP contribution < -0.4 is 10.6 Å². The van der Waals surface area contributed by atoms with Gasteiger partial charge in [-0.1, -0.05) is 48.9 Å². The molecule has 0 radical (unpaired) electrons. The molecule has 1 aliphatic heterocycles. The average molecular weight is 460 g/mol. The lowest BCUT2D eigenvalue weighted by molar-refractivity contribution is -0.144. The molecule has 178 valence electrons. The fourth-order valence-electron chi connectivity index (χ4n) is 4.16. The van der Waals surface area contributed by atoms with Crippen LogP contribution >= 0.6 is 0 Å². The van der Waals surface area contributed by atoms with E-state index in [1.165, 1.54) is 12.1 Å². The standard InChI is InChI=1S/C25H31F2N3O3/c26-22(27)17-30(23(32)14-11-18-9-12-20(31)13-10-18)24(21-8-4-5-15-28-21)25(33)29-16-19-6-2-1-3-7-19/h1-3,6-7,9-10,12-13,21-22,24,28,31H,4-5,8,11,14-17H2,(H,29,33). The quantitative estimate of drug-likeness (QED) is 0.510. The predicted octanol–water partition coefficient (Wildman–Crippen LogP) is 3.25. The summed E-state index contributed by atoms with van der Waals surface area (Å²) >= 11 is 0. The number of aromatic hydroxyl groups is 1. The van der Waals surface area contributed by atoms with Crippen molar-refractivity contribution in [2.75, 3.05) is 13.1 Å². The molecule has 0 spiro atoms. The first-order chi connectivity index (χ1) is 15.9. The van der Waals surface area contributed by atoms with Crippen LogP contribution in [0.5, 0.6) is 5.75 Å². The lowest BCUT2D eigenvalue weighted by atomic mass is 9.95. The van der Waals surface area contributed by atoms with Gasteiger partial charge in [-0.05, 0) is 49.1 Å². The van der Waals surface area contributed by atoms with E-state index in [-0.39, 0.29) is 24.8 Å². The van der Waals surface area contributed by atoms with Gasteiger partial charge in [-0.2, -0.15) is 0 Å². The fraction of sp³-hybridized carbons (Fsp3) is 0.440. The van der Waals surface area contributed by atoms with Crippen molar-refractivity contribution in [1.29, 1.82) is 0 Å². The number of phenolic OH excluding ortho intramolecular Hbond substituents is 1. The molecule has 2 unspecified atom stereocenters. The van der Waals surface area contributed by atoms with Crippen LogP contribution in [0.15, 0.2) is 54.6 Å². The van der Waals surface area contributed by atoms with E-state index in [1.54, 1.807) is 12.1 Å². The summed E-state index contributed by atoms with van der Waals surface area (Å²) in [5, 5.41) is 15.5. The second-order valence-corrected chi connectivity index (χ2v) is 8.31. The minimum Gasteiger partial charge on any atom is -0.508 e. The largest absolute Gasteiger partial charge is 0.508 e. The Hall–Kier alpha value is -3.00. The number of halogens is 2. The third-order valence-corrected chi connectivity index (χ3v) is 5.86. The minimum absolute atomic E-state index is 0.00726. The highest BCUT2D eigenvalue weighted by Gasteiger charge is 2.38. The summed E-state index contributed by atoms with van der Waals surface area (Å²) in [5.41, 5.74) is 1.69. The summed E-state index contributed by atoms with van der Waals surface area (Å²) in [7, 11) is 0. The minimum atomic E-state index is -2.75. The first kappa shape index (κ1) is 24.6. The Balaban J connectivity index is 1.76. The fourth-order valence-corrected chi connectivity index (χ4v) is 4.16. The number of alkyl halides is 2. The Bertz CT molecular complexity index is 888. The highest BCUT2D eigenvalue weighted by Crippen LogP contribution is 2.19. The third kappa shape index (κ3) is 7.53. The van der Waals surface area contributed by atoms with Crippen molar-refractivity contribution in [3.8, 4) is 5.75 Å². The van der Waals surface area contributed by atoms with Crippen molar-refractivity contribution in [1.82, 2.24) is 15.5 Å². The van der Waals surface area contributed by atoms with E-state index in [1.807, 2.05) is 30.3 Å². The second-order valence-electron chi connectivity index (χ2n) is 8.31. The Morgan fingerprint density at radius 2 is 1.79 bits per heavy atom. The average Bonchev–Trinajstić information content (AvgIpc) is 2.83. The van der Waals surface area contributed by atoms with Crippen molar-refractivity contribution in [2.24, 2.45) is 0 Å². The van der Waals surface area contributed by atoms with Crippen LogP contribution in [-0.2, 0) is 22.6 Å². The number of hydrogen-bond acceptors (Lipinski definition) is 4. The number of nitrogens with zero attached hydrogens (tertiary/aromatic N) is 1. The number of hydrogen-bond donors (Lipinski definition) is 3. The zero-order chi connectivity index (χ0) is 23.6. The topological polar surface area (TPSA) is 81.7 Å². The predicted molar refractivity (Wildman–Crippen MR) is 122 cm³/mol. The van der Waals surface area contributed by atoms with Crippen molar-refractivity contribution in [2.45, 2.75) is 57.2 Å². The zero-order valence-electron chi connectivity index (χ0n) is 18.6. The summed E-state index contributed by atoms with van der Waals surface area (Å²) in [6, 6.07) is 14.3. The van der Waals surface area contributed by atoms with E-state index in [0.29, 0.717) is 19.4 Å². The first-order valence-electron chi connectivity index (χ1n) is 11.3. The SMILES string of the molecule is O=C(NCc1ccccc1)C(C1CCCCN1)N(CC(F)F)C(=O)CCc1ccc(O)cc1. The normalized spacial score (nSPS) is 16.9. The molecular formula is C25H31F2N3O3. The van der Waals surface area contributed by atoms with Gasteiger partial charge in [-0.15, -0.1) is 0 Å². The molecule has 6 nitrogen and oxygen atoms in total. The lowest BCUT2D eigenvalue weighted by Crippen LogP contribution is -2.61. The molecule has 0 bridgehead atoms. The molecule has 8 heteroatoms. The molecule has 1 heterocycles. The van der Waals surface area contributed by atoms with Crippen LogP contribution in [0.4, 0.5) is 8.78 Å². The smallest absolute Gasteiger partial charge is 0.255 e. The maximum atomic E-state index is 13.5. The Kier molecular flexibility index (Phi) is 9.18. The van der Waals surface area contributed by atoms with Gasteiger partial charge < -0.3 is 20.6 Å². The number of nitrogens with one attached hydrogen (secondary N) is 2. The number of piperidine rings is 1. The zero-order valence-corrected chi connectivity index (χ0v) is 18.6. The van der Waals surface area contributed by atoms with Gasteiger partial charge in [0.15, 0.2) is 0 Å². The second kappa shape index (κ2) is 12.3. The van der Waals surface area contributed by atoms with Crippen LogP contribution in [0.3, 0.4) is 0 Å². The van der Waals surface area contributed by atoms with Crippen molar-refractivity contribution < 1.29 is 23.5 Å². The molecule has 1 aliphatic rings. The highest BCUT2D eigenvalue weighted by molar-refractivity contribution is 5.88. The van der Waals surface area contributed by atoms with Crippen LogP contribution in [0, 0.1) is 0 Å². The van der Waals surface area contributed by atoms with E-state index in [9.17, 15) is 23.5 Å². The summed E-state index contributed by atoms with van der Waals surface area (Å²) in [6.45, 7) is 0.139. The molecule has 33 heavy (non-hydrogen) atoms. The first-order valence-corrected chi connectivity index (χ1v) is 11.3. The van der Waals surface area contributed by atoms with E-state index >= 15 is 0 Å². The number of phenols is 1. The molecule has 0 saturated carbocycles. The van der Waals surface area contributed by atoms with Crippen LogP contribution in [0.25, 0.3) is 0 Å². The third-order valence-electron chi connectivity index (χ3n) is 5.86. The van der Waals surface area contributed by atoms with Crippen LogP contribution in [-0.4, -0.2) is 53.4 Å². The summed E-state index contributed by atoms with van der Waals surface area (Å²) in [4.78, 5) is 27.4. The number of rotatable bonds is 10. The number of amides is 2. The monoisotopic (exact) mass is 459 g/mol. The molecule has 2 aromatic carbocycles. The Labute approximate surface area is 193 Å². The van der Waals surface area contributed by atoms with E-state index in [2.05, 4.69) is 10.6 Å². The number of benzene rings is 2. The summed E-state index contributed by atoms with van der Waals surface area (Å²) < 4.78 is 27.0. The molecule has 1 saturated heterocycles. The molecule has 1 fully saturated rings. The molecule has 0 aliphatic carbocycles. The van der Waals surface area contributed by atoms with Gasteiger partial charge in [0, 0.05) is 19.0 Å². The number of carbonyl (C=O) groups is 2. The highest BCUT2D eigenvalue weighted by atomic mass is 19.3. The summed E-state index contributed by atoms with van der Waals surface area (Å²) in [5.74, 6) is -0.810. The van der Waals surface area contributed by atoms with Crippen molar-refractivity contribution in [3.05, 3.63) is 65.7 Å². The van der Waals surface area contributed by atoms with Gasteiger partial charge in [-0.3, -0.25) is 9.59 Å². The maximum Gasteiger partial charge on any atom is 0.255 e. The van der Waals surface area contributed by atoms with Gasteiger partial charge in [0.2, 0.25) is 11.8 Å². The Morgan fingerprint density at radius 1 is 1.06 bits per heavy atom. The number of aryl methyl sites for hydroxylation is 1. The molecule has 2 aromatic rings. The van der Waals surface area contributed by atoms with E-state index in [0.717, 1.165) is 28.9 Å². The molecule has 2 amide bonds. The Morgan fingerprint density at radius 3 is 2.42 bits per heavy atom.